The van der Waals surface area contributed by atoms with E-state index < -0.39 is 5.60 Å². The van der Waals surface area contributed by atoms with Gasteiger partial charge in [-0.2, -0.15) is 0 Å². The zero-order valence-electron chi connectivity index (χ0n) is 16.7. The van der Waals surface area contributed by atoms with E-state index in [0.29, 0.717) is 19.0 Å². The van der Waals surface area contributed by atoms with Crippen LogP contribution in [0.25, 0.3) is 10.2 Å². The monoisotopic (exact) mass is 409 g/mol. The SMILES string of the molecule is CC(C)C[C@H]1CN(C(=O)OC(C)(C)C)CCN1c1nc2ccc(Cl)cc2s1. The van der Waals surface area contributed by atoms with Crippen molar-refractivity contribution >= 4 is 44.4 Å². The van der Waals surface area contributed by atoms with Crippen molar-refractivity contribution in [1.29, 1.82) is 0 Å². The first-order valence-electron chi connectivity index (χ1n) is 9.43. The molecule has 2 heterocycles. The molecule has 1 aromatic heterocycles. The molecule has 1 aromatic carbocycles. The van der Waals surface area contributed by atoms with E-state index in [2.05, 4.69) is 18.7 Å². The van der Waals surface area contributed by atoms with Crippen LogP contribution in [0.5, 0.6) is 0 Å². The smallest absolute Gasteiger partial charge is 0.410 e. The maximum absolute atomic E-state index is 12.5. The average Bonchev–Trinajstić information content (AvgIpc) is 2.95. The molecule has 0 radical (unpaired) electrons. The number of amides is 1. The molecule has 5 nitrogen and oxygen atoms in total. The number of nitrogens with zero attached hydrogens (tertiary/aromatic N) is 3. The van der Waals surface area contributed by atoms with Gasteiger partial charge >= 0.3 is 6.09 Å². The topological polar surface area (TPSA) is 45.7 Å². The van der Waals surface area contributed by atoms with Gasteiger partial charge in [-0.25, -0.2) is 9.78 Å². The number of halogens is 1. The van der Waals surface area contributed by atoms with Gasteiger partial charge in [-0.05, 0) is 51.3 Å². The quantitative estimate of drug-likeness (QED) is 0.678. The minimum atomic E-state index is -0.478. The molecular formula is C20H28ClN3O2S. The third kappa shape index (κ3) is 5.05. The Morgan fingerprint density at radius 1 is 1.37 bits per heavy atom. The number of carbonyl (C=O) groups is 1. The van der Waals surface area contributed by atoms with Crippen molar-refractivity contribution in [1.82, 2.24) is 9.88 Å². The number of carbonyl (C=O) groups excluding carboxylic acids is 1. The number of thiazole rings is 1. The van der Waals surface area contributed by atoms with Crippen LogP contribution >= 0.6 is 22.9 Å². The molecule has 1 amide bonds. The lowest BCUT2D eigenvalue weighted by atomic mass is 10.0. The minimum Gasteiger partial charge on any atom is -0.444 e. The summed E-state index contributed by atoms with van der Waals surface area (Å²) in [5.74, 6) is 0.528. The standard InChI is InChI=1S/C20H28ClN3O2S/c1-13(2)10-15-12-23(19(25)26-20(3,4)5)8-9-24(15)18-22-16-7-6-14(21)11-17(16)27-18/h6-7,11,13,15H,8-10,12H2,1-5H3/t15-/m0/s1. The highest BCUT2D eigenvalue weighted by Gasteiger charge is 2.33. The van der Waals surface area contributed by atoms with Crippen LogP contribution in [0.15, 0.2) is 18.2 Å². The molecule has 1 fully saturated rings. The zero-order chi connectivity index (χ0) is 19.8. The first-order chi connectivity index (χ1) is 12.6. The Balaban J connectivity index is 1.81. The Morgan fingerprint density at radius 2 is 2.11 bits per heavy atom. The van der Waals surface area contributed by atoms with E-state index in [1.54, 1.807) is 11.3 Å². The van der Waals surface area contributed by atoms with Crippen molar-refractivity contribution < 1.29 is 9.53 Å². The number of hydrogen-bond acceptors (Lipinski definition) is 5. The molecule has 0 bridgehead atoms. The van der Waals surface area contributed by atoms with Gasteiger partial charge in [0.25, 0.3) is 0 Å². The number of hydrogen-bond donors (Lipinski definition) is 0. The van der Waals surface area contributed by atoms with Crippen LogP contribution in [0.4, 0.5) is 9.93 Å². The predicted molar refractivity (Wildman–Crippen MR) is 113 cm³/mol. The molecule has 1 aliphatic heterocycles. The number of benzene rings is 1. The van der Waals surface area contributed by atoms with Gasteiger partial charge in [-0.15, -0.1) is 0 Å². The van der Waals surface area contributed by atoms with Gasteiger partial charge in [0.2, 0.25) is 0 Å². The lowest BCUT2D eigenvalue weighted by Crippen LogP contribution is -2.56. The van der Waals surface area contributed by atoms with Gasteiger partial charge in [-0.3, -0.25) is 0 Å². The van der Waals surface area contributed by atoms with Crippen LogP contribution < -0.4 is 4.90 Å². The van der Waals surface area contributed by atoms with Gasteiger partial charge in [0.1, 0.15) is 5.60 Å². The van der Waals surface area contributed by atoms with Gasteiger partial charge in [0.05, 0.1) is 10.2 Å². The lowest BCUT2D eigenvalue weighted by Gasteiger charge is -2.42. The van der Waals surface area contributed by atoms with E-state index in [1.165, 1.54) is 0 Å². The minimum absolute atomic E-state index is 0.224. The number of fused-ring (bicyclic) bond motifs is 1. The second-order valence-electron chi connectivity index (χ2n) is 8.51. The Bertz CT molecular complexity index is 815. The summed E-state index contributed by atoms with van der Waals surface area (Å²) in [6, 6.07) is 6.03. The Morgan fingerprint density at radius 3 is 2.78 bits per heavy atom. The van der Waals surface area contributed by atoms with Gasteiger partial charge in [-0.1, -0.05) is 36.8 Å². The Kier molecular flexibility index (Phi) is 5.87. The zero-order valence-corrected chi connectivity index (χ0v) is 18.2. The molecule has 27 heavy (non-hydrogen) atoms. The molecule has 2 aromatic rings. The van der Waals surface area contributed by atoms with E-state index in [0.717, 1.165) is 33.3 Å². The summed E-state index contributed by atoms with van der Waals surface area (Å²) in [6.45, 7) is 12.2. The molecule has 148 valence electrons. The third-order valence-electron chi connectivity index (χ3n) is 4.46. The van der Waals surface area contributed by atoms with E-state index in [9.17, 15) is 4.79 Å². The summed E-state index contributed by atoms with van der Waals surface area (Å²) in [5, 5.41) is 1.73. The van der Waals surface area contributed by atoms with Crippen molar-refractivity contribution in [2.75, 3.05) is 24.5 Å². The molecule has 7 heteroatoms. The van der Waals surface area contributed by atoms with E-state index in [-0.39, 0.29) is 12.1 Å². The second kappa shape index (κ2) is 7.84. The van der Waals surface area contributed by atoms with Crippen LogP contribution in [0.1, 0.15) is 41.0 Å². The molecule has 0 unspecified atom stereocenters. The summed E-state index contributed by atoms with van der Waals surface area (Å²) in [4.78, 5) is 21.5. The fraction of sp³-hybridized carbons (Fsp3) is 0.600. The van der Waals surface area contributed by atoms with Crippen molar-refractivity contribution in [2.45, 2.75) is 52.7 Å². The second-order valence-corrected chi connectivity index (χ2v) is 9.96. The van der Waals surface area contributed by atoms with Crippen LogP contribution in [-0.4, -0.2) is 47.3 Å². The van der Waals surface area contributed by atoms with Crippen LogP contribution in [0, 0.1) is 5.92 Å². The fourth-order valence-electron chi connectivity index (χ4n) is 3.35. The summed E-state index contributed by atoms with van der Waals surface area (Å²) in [5.41, 5.74) is 0.492. The molecule has 0 spiro atoms. The van der Waals surface area contributed by atoms with Crippen molar-refractivity contribution in [3.63, 3.8) is 0 Å². The first kappa shape index (κ1) is 20.2. The summed E-state index contributed by atoms with van der Waals surface area (Å²) < 4.78 is 6.67. The molecule has 0 saturated carbocycles. The number of rotatable bonds is 3. The van der Waals surface area contributed by atoms with Crippen LogP contribution in [-0.2, 0) is 4.74 Å². The highest BCUT2D eigenvalue weighted by molar-refractivity contribution is 7.22. The van der Waals surface area contributed by atoms with E-state index in [1.807, 2.05) is 43.9 Å². The predicted octanol–water partition coefficient (Wildman–Crippen LogP) is 5.42. The summed E-state index contributed by atoms with van der Waals surface area (Å²) >= 11 is 7.79. The third-order valence-corrected chi connectivity index (χ3v) is 5.75. The molecule has 1 atom stereocenters. The van der Waals surface area contributed by atoms with E-state index in [4.69, 9.17) is 21.3 Å². The lowest BCUT2D eigenvalue weighted by molar-refractivity contribution is 0.0208. The Hall–Kier alpha value is -1.53. The number of ether oxygens (including phenoxy) is 1. The number of aromatic nitrogens is 1. The van der Waals surface area contributed by atoms with Crippen LogP contribution in [0.3, 0.4) is 0 Å². The normalized spacial score (nSPS) is 18.4. The van der Waals surface area contributed by atoms with E-state index >= 15 is 0 Å². The first-order valence-corrected chi connectivity index (χ1v) is 10.6. The number of piperazine rings is 1. The highest BCUT2D eigenvalue weighted by Crippen LogP contribution is 2.34. The molecular weight excluding hydrogens is 382 g/mol. The molecule has 0 aliphatic carbocycles. The molecule has 1 saturated heterocycles. The Labute approximate surface area is 170 Å². The summed E-state index contributed by atoms with van der Waals surface area (Å²) in [6.07, 6.45) is 0.766. The average molecular weight is 410 g/mol. The van der Waals surface area contributed by atoms with Crippen molar-refractivity contribution in [2.24, 2.45) is 5.92 Å². The van der Waals surface area contributed by atoms with Gasteiger partial charge < -0.3 is 14.5 Å². The van der Waals surface area contributed by atoms with Crippen LogP contribution in [0.2, 0.25) is 5.02 Å². The highest BCUT2D eigenvalue weighted by atomic mass is 35.5. The maximum atomic E-state index is 12.5. The molecule has 0 N–H and O–H groups in total. The number of anilines is 1. The van der Waals surface area contributed by atoms with Gasteiger partial charge in [0, 0.05) is 30.7 Å². The summed E-state index contributed by atoms with van der Waals surface area (Å²) in [7, 11) is 0. The molecule has 3 rings (SSSR count). The maximum Gasteiger partial charge on any atom is 0.410 e. The van der Waals surface area contributed by atoms with Crippen molar-refractivity contribution in [3.8, 4) is 0 Å². The fourth-order valence-corrected chi connectivity index (χ4v) is 4.69. The largest absolute Gasteiger partial charge is 0.444 e. The van der Waals surface area contributed by atoms with Gasteiger partial charge in [0.15, 0.2) is 5.13 Å². The van der Waals surface area contributed by atoms with Crippen molar-refractivity contribution in [3.05, 3.63) is 23.2 Å². The molecule has 1 aliphatic rings.